The van der Waals surface area contributed by atoms with Gasteiger partial charge in [0.25, 0.3) is 5.69 Å². The second kappa shape index (κ2) is 7.27. The molecular weight excluding hydrogens is 308 g/mol. The van der Waals surface area contributed by atoms with Gasteiger partial charge in [-0.3, -0.25) is 15.1 Å². The summed E-state index contributed by atoms with van der Waals surface area (Å²) in [5.74, 6) is -1.51. The van der Waals surface area contributed by atoms with Crippen molar-refractivity contribution in [1.29, 1.82) is 0 Å². The lowest BCUT2D eigenvalue weighted by Crippen LogP contribution is -2.21. The number of non-ortho nitro benzene ring substituents is 1. The maximum Gasteiger partial charge on any atom is 0.349 e. The highest BCUT2D eigenvalue weighted by atomic mass is 16.6. The molecule has 2 aromatic rings. The molecule has 0 aliphatic rings. The van der Waals surface area contributed by atoms with Crippen LogP contribution in [0.5, 0.6) is 5.75 Å². The van der Waals surface area contributed by atoms with Crippen molar-refractivity contribution in [2.24, 2.45) is 0 Å². The van der Waals surface area contributed by atoms with Gasteiger partial charge in [-0.2, -0.15) is 0 Å². The highest BCUT2D eigenvalue weighted by Crippen LogP contribution is 2.31. The van der Waals surface area contributed by atoms with Gasteiger partial charge in [0.05, 0.1) is 10.3 Å². The number of benzene rings is 1. The van der Waals surface area contributed by atoms with Gasteiger partial charge in [-0.15, -0.1) is 0 Å². The monoisotopic (exact) mass is 320 g/mol. The number of pyridine rings is 1. The maximum atomic E-state index is 11.7. The molecule has 1 heterocycles. The van der Waals surface area contributed by atoms with Crippen LogP contribution in [0.25, 0.3) is 10.9 Å². The van der Waals surface area contributed by atoms with E-state index in [0.717, 1.165) is 0 Å². The molecule has 0 spiro atoms. The van der Waals surface area contributed by atoms with E-state index in [1.807, 2.05) is 0 Å². The quantitative estimate of drug-likeness (QED) is 0.337. The second-order valence-corrected chi connectivity index (χ2v) is 4.31. The summed E-state index contributed by atoms with van der Waals surface area (Å²) in [7, 11) is 1.31. The molecule has 1 aromatic carbocycles. The summed E-state index contributed by atoms with van der Waals surface area (Å²) >= 11 is 0. The first-order valence-electron chi connectivity index (χ1n) is 6.40. The molecule has 0 aliphatic carbocycles. The number of hydrogen-bond donors (Lipinski definition) is 0. The number of ether oxygens (including phenoxy) is 3. The lowest BCUT2D eigenvalue weighted by atomic mass is 10.1. The Morgan fingerprint density at radius 3 is 2.70 bits per heavy atom. The zero-order valence-corrected chi connectivity index (χ0v) is 12.1. The molecule has 0 atom stereocenters. The molecule has 1 aromatic heterocycles. The van der Waals surface area contributed by atoms with Crippen molar-refractivity contribution in [3.8, 4) is 5.75 Å². The van der Waals surface area contributed by atoms with Gasteiger partial charge in [-0.05, 0) is 18.2 Å². The Bertz CT molecular complexity index is 760. The Kier molecular flexibility index (Phi) is 5.15. The number of esters is 2. The van der Waals surface area contributed by atoms with Crippen LogP contribution >= 0.6 is 0 Å². The van der Waals surface area contributed by atoms with Gasteiger partial charge in [-0.25, -0.2) is 9.59 Å². The lowest BCUT2D eigenvalue weighted by molar-refractivity contribution is -0.383. The van der Waals surface area contributed by atoms with E-state index < -0.39 is 23.5 Å². The normalized spacial score (nSPS) is 10.3. The summed E-state index contributed by atoms with van der Waals surface area (Å²) < 4.78 is 14.2. The number of methoxy groups -OCH3 is 1. The predicted molar refractivity (Wildman–Crippen MR) is 76.9 cm³/mol. The molecule has 0 radical (unpaired) electrons. The van der Waals surface area contributed by atoms with Crippen molar-refractivity contribution in [1.82, 2.24) is 4.98 Å². The van der Waals surface area contributed by atoms with E-state index in [4.69, 9.17) is 4.74 Å². The number of hydrogen-bond acceptors (Lipinski definition) is 8. The van der Waals surface area contributed by atoms with Gasteiger partial charge in [0, 0.05) is 19.4 Å². The molecule has 0 N–H and O–H groups in total. The van der Waals surface area contributed by atoms with Crippen LogP contribution in [0.1, 0.15) is 0 Å². The van der Waals surface area contributed by atoms with Crippen molar-refractivity contribution in [2.45, 2.75) is 0 Å². The third-order valence-electron chi connectivity index (χ3n) is 2.74. The fourth-order valence-electron chi connectivity index (χ4n) is 1.82. The second-order valence-electron chi connectivity index (χ2n) is 4.31. The van der Waals surface area contributed by atoms with Crippen LogP contribution < -0.4 is 4.74 Å². The molecule has 2 rings (SSSR count). The molecule has 0 saturated heterocycles. The Labute approximate surface area is 129 Å². The highest BCUT2D eigenvalue weighted by molar-refractivity contribution is 5.93. The van der Waals surface area contributed by atoms with E-state index in [-0.39, 0.29) is 28.9 Å². The van der Waals surface area contributed by atoms with Crippen LogP contribution in [0.15, 0.2) is 30.5 Å². The summed E-state index contributed by atoms with van der Waals surface area (Å²) in [6, 6.07) is 5.51. The molecular formula is C14H12N2O7. The van der Waals surface area contributed by atoms with Crippen molar-refractivity contribution in [3.05, 3.63) is 40.6 Å². The fraction of sp³-hybridized carbons (Fsp3) is 0.214. The summed E-state index contributed by atoms with van der Waals surface area (Å²) in [5.41, 5.74) is 0.0117. The van der Waals surface area contributed by atoms with Crippen molar-refractivity contribution >= 4 is 28.5 Å². The van der Waals surface area contributed by atoms with E-state index >= 15 is 0 Å². The van der Waals surface area contributed by atoms with Crippen LogP contribution in [0.2, 0.25) is 0 Å². The molecule has 9 nitrogen and oxygen atoms in total. The average Bonchev–Trinajstić information content (AvgIpc) is 2.53. The largest absolute Gasteiger partial charge is 0.452 e. The maximum absolute atomic E-state index is 11.7. The Hall–Kier alpha value is -3.07. The van der Waals surface area contributed by atoms with Crippen LogP contribution in [0.4, 0.5) is 5.69 Å². The third kappa shape index (κ3) is 3.98. The van der Waals surface area contributed by atoms with Crippen molar-refractivity contribution in [2.75, 3.05) is 20.3 Å². The Morgan fingerprint density at radius 2 is 2.00 bits per heavy atom. The number of nitrogens with zero attached hydrogens (tertiary/aromatic N) is 2. The summed E-state index contributed by atoms with van der Waals surface area (Å²) in [6.45, 7) is -0.886. The minimum atomic E-state index is -0.838. The summed E-state index contributed by atoms with van der Waals surface area (Å²) in [4.78, 5) is 37.2. The minimum absolute atomic E-state index is 0.0407. The third-order valence-corrected chi connectivity index (χ3v) is 2.74. The number of carbonyl (C=O) groups is 2. The predicted octanol–water partition coefficient (Wildman–Crippen LogP) is 1.24. The van der Waals surface area contributed by atoms with Crippen LogP contribution in [0, 0.1) is 10.1 Å². The molecule has 0 unspecified atom stereocenters. The van der Waals surface area contributed by atoms with Crippen LogP contribution in [-0.2, 0) is 19.1 Å². The van der Waals surface area contributed by atoms with Gasteiger partial charge in [-0.1, -0.05) is 0 Å². The van der Waals surface area contributed by atoms with E-state index in [0.29, 0.717) is 0 Å². The lowest BCUT2D eigenvalue weighted by Gasteiger charge is -2.08. The molecule has 0 amide bonds. The van der Waals surface area contributed by atoms with Gasteiger partial charge >= 0.3 is 11.9 Å². The SMILES string of the molecule is COCC(=O)OCC(=O)Oc1ccc([N+](=O)[O-])c2cccnc12. The zero-order chi connectivity index (χ0) is 16.8. The number of nitro benzene ring substituents is 1. The number of rotatable bonds is 6. The smallest absolute Gasteiger partial charge is 0.349 e. The first-order chi connectivity index (χ1) is 11.0. The van der Waals surface area contributed by atoms with E-state index in [2.05, 4.69) is 14.5 Å². The van der Waals surface area contributed by atoms with Gasteiger partial charge in [0.15, 0.2) is 12.4 Å². The average molecular weight is 320 g/mol. The summed E-state index contributed by atoms with van der Waals surface area (Å²) in [6.07, 6.45) is 1.42. The number of fused-ring (bicyclic) bond motifs is 1. The zero-order valence-electron chi connectivity index (χ0n) is 12.1. The molecule has 0 fully saturated rings. The number of aromatic nitrogens is 1. The Morgan fingerprint density at radius 1 is 1.22 bits per heavy atom. The standard InChI is InChI=1S/C14H12N2O7/c1-21-7-12(17)22-8-13(18)23-11-5-4-10(16(19)20)9-3-2-6-15-14(9)11/h2-6H,7-8H2,1H3. The molecule has 0 saturated carbocycles. The topological polar surface area (TPSA) is 118 Å². The summed E-state index contributed by atoms with van der Waals surface area (Å²) in [5, 5.41) is 11.2. The van der Waals surface area contributed by atoms with E-state index in [1.54, 1.807) is 0 Å². The van der Waals surface area contributed by atoms with Gasteiger partial charge < -0.3 is 14.2 Å². The molecule has 9 heteroatoms. The first kappa shape index (κ1) is 16.3. The van der Waals surface area contributed by atoms with E-state index in [9.17, 15) is 19.7 Å². The molecule has 0 bridgehead atoms. The van der Waals surface area contributed by atoms with Crippen LogP contribution in [0.3, 0.4) is 0 Å². The molecule has 0 aliphatic heterocycles. The fourth-order valence-corrected chi connectivity index (χ4v) is 1.82. The Balaban J connectivity index is 2.18. The van der Waals surface area contributed by atoms with Crippen molar-refractivity contribution in [3.63, 3.8) is 0 Å². The highest BCUT2D eigenvalue weighted by Gasteiger charge is 2.18. The van der Waals surface area contributed by atoms with Crippen molar-refractivity contribution < 1.29 is 28.7 Å². The molecule has 23 heavy (non-hydrogen) atoms. The number of nitro groups is 1. The van der Waals surface area contributed by atoms with E-state index in [1.165, 1.54) is 37.6 Å². The minimum Gasteiger partial charge on any atom is -0.452 e. The van der Waals surface area contributed by atoms with Gasteiger partial charge in [0.1, 0.15) is 12.1 Å². The van der Waals surface area contributed by atoms with Gasteiger partial charge in [0.2, 0.25) is 0 Å². The first-order valence-corrected chi connectivity index (χ1v) is 6.40. The number of carbonyl (C=O) groups excluding carboxylic acids is 2. The molecule has 120 valence electrons. The van der Waals surface area contributed by atoms with Crippen LogP contribution in [-0.4, -0.2) is 42.2 Å².